The number of rotatable bonds is 2. The predicted molar refractivity (Wildman–Crippen MR) is 48.0 cm³/mol. The fourth-order valence-electron chi connectivity index (χ4n) is 0.876. The van der Waals surface area contributed by atoms with Gasteiger partial charge in [-0.3, -0.25) is 4.79 Å². The van der Waals surface area contributed by atoms with Crippen molar-refractivity contribution in [1.82, 2.24) is 4.98 Å². The van der Waals surface area contributed by atoms with Crippen molar-refractivity contribution in [2.45, 2.75) is 6.92 Å². The first-order chi connectivity index (χ1) is 6.20. The SMILES string of the molecule is CCOc1c(Cl)c[nH]c(=O)c1C#N. The molecule has 1 heterocycles. The number of nitrogens with one attached hydrogen (secondary N) is 1. The van der Waals surface area contributed by atoms with Crippen molar-refractivity contribution in [1.29, 1.82) is 5.26 Å². The van der Waals surface area contributed by atoms with Gasteiger partial charge in [0, 0.05) is 6.20 Å². The van der Waals surface area contributed by atoms with E-state index in [1.807, 2.05) is 0 Å². The lowest BCUT2D eigenvalue weighted by molar-refractivity contribution is 0.338. The first kappa shape index (κ1) is 9.62. The maximum absolute atomic E-state index is 11.1. The van der Waals surface area contributed by atoms with Gasteiger partial charge in [0.05, 0.1) is 6.61 Å². The zero-order chi connectivity index (χ0) is 9.84. The number of halogens is 1. The second-order valence-corrected chi connectivity index (χ2v) is 2.62. The van der Waals surface area contributed by atoms with Crippen LogP contribution < -0.4 is 10.3 Å². The standard InChI is InChI=1S/C8H7ClN2O2/c1-2-13-7-5(3-10)8(12)11-4-6(7)9/h4H,2H2,1H3,(H,11,12). The first-order valence-electron chi connectivity index (χ1n) is 3.64. The summed E-state index contributed by atoms with van der Waals surface area (Å²) in [6, 6.07) is 1.74. The lowest BCUT2D eigenvalue weighted by atomic mass is 10.3. The fraction of sp³-hybridized carbons (Fsp3) is 0.250. The number of nitriles is 1. The molecule has 1 rings (SSSR count). The Balaban J connectivity index is 3.37. The van der Waals surface area contributed by atoms with E-state index in [0.717, 1.165) is 0 Å². The Morgan fingerprint density at radius 1 is 1.77 bits per heavy atom. The van der Waals surface area contributed by atoms with Crippen LogP contribution in [0.1, 0.15) is 12.5 Å². The minimum Gasteiger partial charge on any atom is -0.491 e. The molecule has 1 aromatic rings. The number of aromatic nitrogens is 1. The summed E-state index contributed by atoms with van der Waals surface area (Å²) >= 11 is 5.71. The Labute approximate surface area is 79.7 Å². The summed E-state index contributed by atoms with van der Waals surface area (Å²) in [5, 5.41) is 8.88. The van der Waals surface area contributed by atoms with Crippen LogP contribution in [0.15, 0.2) is 11.0 Å². The van der Waals surface area contributed by atoms with Gasteiger partial charge in [-0.2, -0.15) is 5.26 Å². The van der Waals surface area contributed by atoms with Crippen molar-refractivity contribution >= 4 is 11.6 Å². The number of nitrogens with zero attached hydrogens (tertiary/aromatic N) is 1. The molecule has 0 radical (unpaired) electrons. The zero-order valence-electron chi connectivity index (χ0n) is 6.93. The van der Waals surface area contributed by atoms with Crippen molar-refractivity contribution in [3.63, 3.8) is 0 Å². The minimum absolute atomic E-state index is 0.0886. The Bertz CT molecular complexity index is 406. The monoisotopic (exact) mass is 198 g/mol. The van der Waals surface area contributed by atoms with Crippen LogP contribution in [0.5, 0.6) is 5.75 Å². The van der Waals surface area contributed by atoms with E-state index in [2.05, 4.69) is 4.98 Å². The van der Waals surface area contributed by atoms with Gasteiger partial charge in [0.15, 0.2) is 11.3 Å². The van der Waals surface area contributed by atoms with E-state index in [0.29, 0.717) is 6.61 Å². The summed E-state index contributed by atoms with van der Waals surface area (Å²) < 4.78 is 5.07. The Kier molecular flexibility index (Phi) is 2.93. The maximum atomic E-state index is 11.1. The largest absolute Gasteiger partial charge is 0.491 e. The van der Waals surface area contributed by atoms with Crippen molar-refractivity contribution in [2.24, 2.45) is 0 Å². The molecule has 68 valence electrons. The van der Waals surface area contributed by atoms with Crippen molar-refractivity contribution < 1.29 is 4.74 Å². The Morgan fingerprint density at radius 3 is 3.00 bits per heavy atom. The van der Waals surface area contributed by atoms with E-state index < -0.39 is 5.56 Å². The fourth-order valence-corrected chi connectivity index (χ4v) is 1.08. The van der Waals surface area contributed by atoms with Gasteiger partial charge in [-0.05, 0) is 6.92 Å². The van der Waals surface area contributed by atoms with Crippen molar-refractivity contribution in [3.05, 3.63) is 27.1 Å². The number of hydrogen-bond acceptors (Lipinski definition) is 3. The third-order valence-corrected chi connectivity index (χ3v) is 1.68. The summed E-state index contributed by atoms with van der Waals surface area (Å²) in [5.74, 6) is 0.149. The normalized spacial score (nSPS) is 9.31. The van der Waals surface area contributed by atoms with E-state index >= 15 is 0 Å². The molecule has 5 heteroatoms. The molecule has 1 aromatic heterocycles. The van der Waals surface area contributed by atoms with Gasteiger partial charge < -0.3 is 9.72 Å². The number of aromatic amines is 1. The number of ether oxygens (including phenoxy) is 1. The summed E-state index contributed by atoms with van der Waals surface area (Å²) in [6.45, 7) is 2.11. The van der Waals surface area contributed by atoms with Gasteiger partial charge in [0.1, 0.15) is 11.1 Å². The number of H-pyrrole nitrogens is 1. The summed E-state index contributed by atoms with van der Waals surface area (Å²) in [4.78, 5) is 13.4. The molecule has 13 heavy (non-hydrogen) atoms. The van der Waals surface area contributed by atoms with Crippen LogP contribution in [0.4, 0.5) is 0 Å². The average Bonchev–Trinajstić information content (AvgIpc) is 2.12. The quantitative estimate of drug-likeness (QED) is 0.779. The molecule has 0 saturated heterocycles. The van der Waals surface area contributed by atoms with Crippen LogP contribution in [0.2, 0.25) is 5.02 Å². The molecule has 0 aromatic carbocycles. The topological polar surface area (TPSA) is 65.9 Å². The summed E-state index contributed by atoms with van der Waals surface area (Å²) in [5.41, 5.74) is -0.579. The molecular formula is C8H7ClN2O2. The second-order valence-electron chi connectivity index (χ2n) is 2.21. The highest BCUT2D eigenvalue weighted by molar-refractivity contribution is 6.32. The second kappa shape index (κ2) is 3.97. The van der Waals surface area contributed by atoms with Crippen molar-refractivity contribution in [3.8, 4) is 11.8 Å². The van der Waals surface area contributed by atoms with E-state index in [4.69, 9.17) is 21.6 Å². The van der Waals surface area contributed by atoms with Gasteiger partial charge in [-0.1, -0.05) is 11.6 Å². The highest BCUT2D eigenvalue weighted by atomic mass is 35.5. The molecule has 0 spiro atoms. The molecule has 0 aliphatic heterocycles. The van der Waals surface area contributed by atoms with Gasteiger partial charge in [0.25, 0.3) is 5.56 Å². The van der Waals surface area contributed by atoms with E-state index in [-0.39, 0.29) is 16.3 Å². The van der Waals surface area contributed by atoms with Crippen molar-refractivity contribution in [2.75, 3.05) is 6.61 Å². The molecule has 0 bridgehead atoms. The smallest absolute Gasteiger partial charge is 0.269 e. The Morgan fingerprint density at radius 2 is 2.46 bits per heavy atom. The lowest BCUT2D eigenvalue weighted by Crippen LogP contribution is -2.12. The van der Waals surface area contributed by atoms with Crippen LogP contribution in [0.3, 0.4) is 0 Å². The molecule has 0 saturated carbocycles. The van der Waals surface area contributed by atoms with Crippen LogP contribution in [0.25, 0.3) is 0 Å². The number of hydrogen-bond donors (Lipinski definition) is 1. The van der Waals surface area contributed by atoms with E-state index in [1.165, 1.54) is 6.20 Å². The van der Waals surface area contributed by atoms with Gasteiger partial charge in [-0.15, -0.1) is 0 Å². The van der Waals surface area contributed by atoms with Crippen LogP contribution >= 0.6 is 11.6 Å². The number of pyridine rings is 1. The lowest BCUT2D eigenvalue weighted by Gasteiger charge is -2.05. The van der Waals surface area contributed by atoms with Crippen LogP contribution in [0, 0.1) is 11.3 Å². The Hall–Kier alpha value is -1.47. The average molecular weight is 199 g/mol. The maximum Gasteiger partial charge on any atom is 0.269 e. The first-order valence-corrected chi connectivity index (χ1v) is 4.02. The van der Waals surface area contributed by atoms with E-state index in [1.54, 1.807) is 13.0 Å². The van der Waals surface area contributed by atoms with Gasteiger partial charge in [0.2, 0.25) is 0 Å². The molecule has 0 unspecified atom stereocenters. The van der Waals surface area contributed by atoms with Crippen LogP contribution in [-0.4, -0.2) is 11.6 Å². The summed E-state index contributed by atoms with van der Waals surface area (Å²) in [7, 11) is 0. The summed E-state index contributed by atoms with van der Waals surface area (Å²) in [6.07, 6.45) is 1.30. The molecule has 0 fully saturated rings. The molecule has 0 amide bonds. The molecule has 1 N–H and O–H groups in total. The molecule has 0 aliphatic carbocycles. The van der Waals surface area contributed by atoms with Gasteiger partial charge in [-0.25, -0.2) is 0 Å². The van der Waals surface area contributed by atoms with Gasteiger partial charge >= 0.3 is 0 Å². The third kappa shape index (κ3) is 1.82. The van der Waals surface area contributed by atoms with E-state index in [9.17, 15) is 4.79 Å². The molecule has 4 nitrogen and oxygen atoms in total. The van der Waals surface area contributed by atoms with Crippen LogP contribution in [-0.2, 0) is 0 Å². The highest BCUT2D eigenvalue weighted by Gasteiger charge is 2.11. The minimum atomic E-state index is -0.490. The molecule has 0 atom stereocenters. The predicted octanol–water partition coefficient (Wildman–Crippen LogP) is 1.30. The third-order valence-electron chi connectivity index (χ3n) is 1.40. The molecule has 0 aliphatic rings. The highest BCUT2D eigenvalue weighted by Crippen LogP contribution is 2.24. The molecular weight excluding hydrogens is 192 g/mol. The zero-order valence-corrected chi connectivity index (χ0v) is 7.68.